The molecule has 0 saturated heterocycles. The second-order valence-corrected chi connectivity index (χ2v) is 3.75. The molecule has 0 fully saturated rings. The molecule has 1 rings (SSSR count). The fourth-order valence-electron chi connectivity index (χ4n) is 1.48. The lowest BCUT2D eigenvalue weighted by Gasteiger charge is -2.05. The van der Waals surface area contributed by atoms with Gasteiger partial charge < -0.3 is 5.11 Å². The highest BCUT2D eigenvalue weighted by molar-refractivity contribution is 5.86. The van der Waals surface area contributed by atoms with E-state index in [1.54, 1.807) is 0 Å². The van der Waals surface area contributed by atoms with Crippen molar-refractivity contribution in [2.24, 2.45) is 0 Å². The molecule has 0 atom stereocenters. The molecule has 0 heterocycles. The fraction of sp³-hybridized carbons (Fsp3) is 0.231. The molecule has 0 radical (unpaired) electrons. The number of carbonyl (C=O) groups is 2. The van der Waals surface area contributed by atoms with Gasteiger partial charge in [-0.1, -0.05) is 23.8 Å². The van der Waals surface area contributed by atoms with Gasteiger partial charge >= 0.3 is 5.97 Å². The first-order chi connectivity index (χ1) is 7.49. The van der Waals surface area contributed by atoms with Crippen LogP contribution in [0.4, 0.5) is 0 Å². The maximum atomic E-state index is 11.1. The molecule has 0 amide bonds. The molecule has 0 unspecified atom stereocenters. The molecule has 0 aliphatic carbocycles. The minimum Gasteiger partial charge on any atom is -0.478 e. The van der Waals surface area contributed by atoms with Crippen LogP contribution in [0.5, 0.6) is 0 Å². The van der Waals surface area contributed by atoms with E-state index in [2.05, 4.69) is 0 Å². The van der Waals surface area contributed by atoms with Gasteiger partial charge in [-0.15, -0.1) is 0 Å². The Morgan fingerprint density at radius 3 is 2.62 bits per heavy atom. The van der Waals surface area contributed by atoms with Crippen LogP contribution in [-0.4, -0.2) is 16.9 Å². The average molecular weight is 218 g/mol. The zero-order valence-corrected chi connectivity index (χ0v) is 9.36. The number of carboxylic acid groups (broad SMARTS) is 1. The summed E-state index contributed by atoms with van der Waals surface area (Å²) in [5.74, 6) is -0.926. The summed E-state index contributed by atoms with van der Waals surface area (Å²) >= 11 is 0. The van der Waals surface area contributed by atoms with Gasteiger partial charge in [0.1, 0.15) is 5.78 Å². The van der Waals surface area contributed by atoms with Crippen molar-refractivity contribution in [2.45, 2.75) is 20.3 Å². The molecule has 1 N–H and O–H groups in total. The predicted molar refractivity (Wildman–Crippen MR) is 62.2 cm³/mol. The van der Waals surface area contributed by atoms with Gasteiger partial charge in [-0.25, -0.2) is 4.79 Å². The highest BCUT2D eigenvalue weighted by Gasteiger charge is 2.03. The van der Waals surface area contributed by atoms with Crippen molar-refractivity contribution in [1.29, 1.82) is 0 Å². The zero-order valence-electron chi connectivity index (χ0n) is 9.36. The number of aliphatic carboxylic acids is 1. The largest absolute Gasteiger partial charge is 0.478 e. The Hall–Kier alpha value is -1.90. The first-order valence-corrected chi connectivity index (χ1v) is 4.99. The molecule has 0 aliphatic rings. The molecular formula is C13H14O3. The van der Waals surface area contributed by atoms with Crippen molar-refractivity contribution < 1.29 is 14.7 Å². The molecule has 16 heavy (non-hydrogen) atoms. The van der Waals surface area contributed by atoms with E-state index in [4.69, 9.17) is 5.11 Å². The molecular weight excluding hydrogens is 204 g/mol. The van der Waals surface area contributed by atoms with Crippen molar-refractivity contribution in [2.75, 3.05) is 0 Å². The van der Waals surface area contributed by atoms with Crippen molar-refractivity contribution in [1.82, 2.24) is 0 Å². The second-order valence-electron chi connectivity index (χ2n) is 3.75. The lowest BCUT2D eigenvalue weighted by molar-refractivity contribution is -0.131. The van der Waals surface area contributed by atoms with Gasteiger partial charge in [0.15, 0.2) is 0 Å². The Morgan fingerprint density at radius 1 is 1.38 bits per heavy atom. The zero-order chi connectivity index (χ0) is 12.1. The third-order valence-corrected chi connectivity index (χ3v) is 2.14. The van der Waals surface area contributed by atoms with Crippen LogP contribution < -0.4 is 0 Å². The van der Waals surface area contributed by atoms with E-state index in [1.807, 2.05) is 25.1 Å². The van der Waals surface area contributed by atoms with Crippen LogP contribution in [0.2, 0.25) is 0 Å². The smallest absolute Gasteiger partial charge is 0.328 e. The Bertz CT molecular complexity index is 444. The third kappa shape index (κ3) is 3.69. The quantitative estimate of drug-likeness (QED) is 0.788. The number of hydrogen-bond acceptors (Lipinski definition) is 2. The van der Waals surface area contributed by atoms with E-state index in [0.29, 0.717) is 6.42 Å². The number of carboxylic acids is 1. The number of rotatable bonds is 4. The summed E-state index contributed by atoms with van der Waals surface area (Å²) in [5.41, 5.74) is 2.71. The summed E-state index contributed by atoms with van der Waals surface area (Å²) < 4.78 is 0. The Kier molecular flexibility index (Phi) is 4.00. The monoisotopic (exact) mass is 218 g/mol. The Balaban J connectivity index is 3.06. The first-order valence-electron chi connectivity index (χ1n) is 4.99. The molecule has 3 heteroatoms. The van der Waals surface area contributed by atoms with Crippen LogP contribution in [0.15, 0.2) is 24.3 Å². The van der Waals surface area contributed by atoms with Crippen molar-refractivity contribution in [3.63, 3.8) is 0 Å². The molecule has 0 saturated carbocycles. The number of aryl methyl sites for hydroxylation is 1. The van der Waals surface area contributed by atoms with E-state index in [9.17, 15) is 9.59 Å². The molecule has 3 nitrogen and oxygen atoms in total. The number of carbonyl (C=O) groups excluding carboxylic acids is 1. The standard InChI is InChI=1S/C13H14O3/c1-9-3-4-11(5-6-13(15)16)12(7-9)8-10(2)14/h3-7H,8H2,1-2H3,(H,15,16)/b6-5+. The number of hydrogen-bond donors (Lipinski definition) is 1. The van der Waals surface area contributed by atoms with Gasteiger partial charge in [-0.2, -0.15) is 0 Å². The maximum absolute atomic E-state index is 11.1. The summed E-state index contributed by atoms with van der Waals surface area (Å²) in [6.45, 7) is 3.46. The molecule has 0 spiro atoms. The summed E-state index contributed by atoms with van der Waals surface area (Å²) in [5, 5.41) is 8.55. The second kappa shape index (κ2) is 5.26. The highest BCUT2D eigenvalue weighted by Crippen LogP contribution is 2.14. The number of benzene rings is 1. The van der Waals surface area contributed by atoms with Crippen LogP contribution >= 0.6 is 0 Å². The van der Waals surface area contributed by atoms with Crippen LogP contribution in [0.3, 0.4) is 0 Å². The first kappa shape index (κ1) is 12.2. The van der Waals surface area contributed by atoms with Crippen LogP contribution in [0, 0.1) is 6.92 Å². The van der Waals surface area contributed by atoms with Gasteiger partial charge in [0.25, 0.3) is 0 Å². The predicted octanol–water partition coefficient (Wildman–Crippen LogP) is 2.22. The molecule has 84 valence electrons. The van der Waals surface area contributed by atoms with Gasteiger partial charge in [0.2, 0.25) is 0 Å². The summed E-state index contributed by atoms with van der Waals surface area (Å²) in [6, 6.07) is 5.63. The SMILES string of the molecule is CC(=O)Cc1cc(C)ccc1/C=C/C(=O)O. The van der Waals surface area contributed by atoms with E-state index in [0.717, 1.165) is 22.8 Å². The molecule has 0 aliphatic heterocycles. The van der Waals surface area contributed by atoms with Crippen LogP contribution in [-0.2, 0) is 16.0 Å². The van der Waals surface area contributed by atoms with E-state index >= 15 is 0 Å². The van der Waals surface area contributed by atoms with E-state index < -0.39 is 5.97 Å². The summed E-state index contributed by atoms with van der Waals surface area (Å²) in [7, 11) is 0. The summed E-state index contributed by atoms with van der Waals surface area (Å²) in [6.07, 6.45) is 2.93. The van der Waals surface area contributed by atoms with E-state index in [-0.39, 0.29) is 5.78 Å². The lowest BCUT2D eigenvalue weighted by Crippen LogP contribution is -1.99. The Labute approximate surface area is 94.4 Å². The fourth-order valence-corrected chi connectivity index (χ4v) is 1.48. The molecule has 1 aromatic rings. The van der Waals surface area contributed by atoms with Gasteiger partial charge in [-0.3, -0.25) is 4.79 Å². The third-order valence-electron chi connectivity index (χ3n) is 2.14. The summed E-state index contributed by atoms with van der Waals surface area (Å²) in [4.78, 5) is 21.5. The molecule has 0 bridgehead atoms. The van der Waals surface area contributed by atoms with Gasteiger partial charge in [-0.05, 0) is 31.1 Å². The topological polar surface area (TPSA) is 54.4 Å². The van der Waals surface area contributed by atoms with Crippen LogP contribution in [0.1, 0.15) is 23.6 Å². The van der Waals surface area contributed by atoms with Crippen molar-refractivity contribution >= 4 is 17.8 Å². The van der Waals surface area contributed by atoms with Crippen molar-refractivity contribution in [3.05, 3.63) is 41.0 Å². The van der Waals surface area contributed by atoms with Gasteiger partial charge in [0, 0.05) is 12.5 Å². The number of ketones is 1. The molecule has 1 aromatic carbocycles. The molecule has 0 aromatic heterocycles. The minimum absolute atomic E-state index is 0.0653. The normalized spacial score (nSPS) is 10.6. The lowest BCUT2D eigenvalue weighted by atomic mass is 10.00. The van der Waals surface area contributed by atoms with E-state index in [1.165, 1.54) is 13.0 Å². The van der Waals surface area contributed by atoms with Gasteiger partial charge in [0.05, 0.1) is 0 Å². The van der Waals surface area contributed by atoms with Crippen molar-refractivity contribution in [3.8, 4) is 0 Å². The highest BCUT2D eigenvalue weighted by atomic mass is 16.4. The van der Waals surface area contributed by atoms with Crippen LogP contribution in [0.25, 0.3) is 6.08 Å². The average Bonchev–Trinajstić information content (AvgIpc) is 2.15. The number of Topliss-reactive ketones (excluding diaryl/α,β-unsaturated/α-hetero) is 1. The minimum atomic E-state index is -0.991. The maximum Gasteiger partial charge on any atom is 0.328 e. The Morgan fingerprint density at radius 2 is 2.06 bits per heavy atom.